The maximum Gasteiger partial charge on any atom is 0.133 e. The summed E-state index contributed by atoms with van der Waals surface area (Å²) in [5.41, 5.74) is 0. The summed E-state index contributed by atoms with van der Waals surface area (Å²) in [5, 5.41) is 4.09. The van der Waals surface area contributed by atoms with E-state index in [1.54, 1.807) is 0 Å². The molecule has 0 unspecified atom stereocenters. The summed E-state index contributed by atoms with van der Waals surface area (Å²) in [6.07, 6.45) is 1.00. The van der Waals surface area contributed by atoms with Gasteiger partial charge in [-0.05, 0) is 59.6 Å². The zero-order valence-electron chi connectivity index (χ0n) is 10.3. The van der Waals surface area contributed by atoms with E-state index in [1.807, 2.05) is 18.2 Å². The van der Waals surface area contributed by atoms with Crippen LogP contribution in [-0.2, 0) is 0 Å². The highest BCUT2D eigenvalue weighted by Gasteiger charge is 2.01. The van der Waals surface area contributed by atoms with Gasteiger partial charge in [0.1, 0.15) is 5.75 Å². The van der Waals surface area contributed by atoms with Crippen molar-refractivity contribution >= 4 is 27.5 Å². The smallest absolute Gasteiger partial charge is 0.133 e. The Hall–Kier alpha value is -0.250. The Morgan fingerprint density at radius 3 is 2.82 bits per heavy atom. The normalized spacial score (nSPS) is 10.9. The number of ether oxygens (including phenoxy) is 1. The van der Waals surface area contributed by atoms with Gasteiger partial charge in [0.25, 0.3) is 0 Å². The zero-order valence-corrected chi connectivity index (χ0v) is 12.6. The molecule has 1 aromatic rings. The molecule has 0 radical (unpaired) electrons. The average Bonchev–Trinajstić information content (AvgIpc) is 2.25. The molecule has 0 saturated heterocycles. The lowest BCUT2D eigenvalue weighted by Crippen LogP contribution is -2.22. The van der Waals surface area contributed by atoms with Gasteiger partial charge in [0.05, 0.1) is 11.1 Å². The first-order valence-electron chi connectivity index (χ1n) is 5.88. The first-order chi connectivity index (χ1) is 8.09. The monoisotopic (exact) mass is 319 g/mol. The zero-order chi connectivity index (χ0) is 12.7. The summed E-state index contributed by atoms with van der Waals surface area (Å²) < 4.78 is 6.56. The molecule has 0 aliphatic carbocycles. The minimum absolute atomic E-state index is 0.696. The van der Waals surface area contributed by atoms with Crippen molar-refractivity contribution in [3.63, 3.8) is 0 Å². The van der Waals surface area contributed by atoms with Crippen molar-refractivity contribution in [2.24, 2.45) is 5.92 Å². The molecule has 17 heavy (non-hydrogen) atoms. The maximum absolute atomic E-state index is 5.85. The lowest BCUT2D eigenvalue weighted by atomic mass is 10.2. The van der Waals surface area contributed by atoms with Gasteiger partial charge in [-0.1, -0.05) is 25.4 Å². The molecule has 1 N–H and O–H groups in total. The largest absolute Gasteiger partial charge is 0.492 e. The van der Waals surface area contributed by atoms with Crippen LogP contribution in [0.15, 0.2) is 22.7 Å². The molecule has 0 bridgehead atoms. The molecule has 0 aliphatic rings. The molecule has 0 atom stereocenters. The minimum Gasteiger partial charge on any atom is -0.492 e. The quantitative estimate of drug-likeness (QED) is 0.763. The Kier molecular flexibility index (Phi) is 6.93. The van der Waals surface area contributed by atoms with Gasteiger partial charge in [0.2, 0.25) is 0 Å². The Balaban J connectivity index is 2.18. The van der Waals surface area contributed by atoms with Gasteiger partial charge in [-0.3, -0.25) is 0 Å². The van der Waals surface area contributed by atoms with Crippen LogP contribution < -0.4 is 10.1 Å². The standard InChI is InChI=1S/C13H19BrClNO/c1-10(2)9-16-6-3-7-17-13-5-4-11(15)8-12(13)14/h4-5,8,10,16H,3,6-7,9H2,1-2H3. The number of rotatable bonds is 7. The third kappa shape index (κ3) is 6.29. The van der Waals surface area contributed by atoms with Crippen LogP contribution >= 0.6 is 27.5 Å². The Morgan fingerprint density at radius 2 is 2.18 bits per heavy atom. The van der Waals surface area contributed by atoms with Crippen molar-refractivity contribution in [1.82, 2.24) is 5.32 Å². The average molecular weight is 321 g/mol. The number of nitrogens with one attached hydrogen (secondary N) is 1. The highest BCUT2D eigenvalue weighted by atomic mass is 79.9. The van der Waals surface area contributed by atoms with Crippen molar-refractivity contribution in [3.05, 3.63) is 27.7 Å². The van der Waals surface area contributed by atoms with Crippen molar-refractivity contribution in [2.75, 3.05) is 19.7 Å². The molecule has 4 heteroatoms. The van der Waals surface area contributed by atoms with Crippen molar-refractivity contribution in [2.45, 2.75) is 20.3 Å². The molecule has 1 aromatic carbocycles. The van der Waals surface area contributed by atoms with Crippen LogP contribution in [0.25, 0.3) is 0 Å². The molecule has 0 heterocycles. The van der Waals surface area contributed by atoms with E-state index in [9.17, 15) is 0 Å². The third-order valence-corrected chi connectivity index (χ3v) is 3.06. The minimum atomic E-state index is 0.696. The van der Waals surface area contributed by atoms with E-state index in [-0.39, 0.29) is 0 Å². The van der Waals surface area contributed by atoms with Crippen LogP contribution in [0.2, 0.25) is 5.02 Å². The first-order valence-corrected chi connectivity index (χ1v) is 7.05. The maximum atomic E-state index is 5.85. The second-order valence-electron chi connectivity index (χ2n) is 4.37. The van der Waals surface area contributed by atoms with E-state index in [0.29, 0.717) is 17.5 Å². The van der Waals surface area contributed by atoms with Gasteiger partial charge in [-0.25, -0.2) is 0 Å². The summed E-state index contributed by atoms with van der Waals surface area (Å²) in [7, 11) is 0. The van der Waals surface area contributed by atoms with E-state index in [1.165, 1.54) is 0 Å². The lowest BCUT2D eigenvalue weighted by Gasteiger charge is -2.10. The molecule has 1 rings (SSSR count). The molecule has 0 saturated carbocycles. The van der Waals surface area contributed by atoms with Crippen molar-refractivity contribution in [1.29, 1.82) is 0 Å². The van der Waals surface area contributed by atoms with Crippen LogP contribution in [0, 0.1) is 5.92 Å². The van der Waals surface area contributed by atoms with E-state index < -0.39 is 0 Å². The predicted molar refractivity (Wildman–Crippen MR) is 77.0 cm³/mol. The molecule has 0 aromatic heterocycles. The first kappa shape index (κ1) is 14.8. The molecule has 0 spiro atoms. The van der Waals surface area contributed by atoms with Crippen molar-refractivity contribution < 1.29 is 4.74 Å². The fourth-order valence-corrected chi connectivity index (χ4v) is 2.16. The van der Waals surface area contributed by atoms with Crippen LogP contribution in [0.5, 0.6) is 5.75 Å². The summed E-state index contributed by atoms with van der Waals surface area (Å²) >= 11 is 9.28. The van der Waals surface area contributed by atoms with Gasteiger partial charge in [-0.15, -0.1) is 0 Å². The predicted octanol–water partition coefficient (Wildman–Crippen LogP) is 4.12. The molecule has 0 amide bonds. The highest BCUT2D eigenvalue weighted by Crippen LogP contribution is 2.27. The van der Waals surface area contributed by atoms with Crippen LogP contribution in [-0.4, -0.2) is 19.7 Å². The number of hydrogen-bond donors (Lipinski definition) is 1. The van der Waals surface area contributed by atoms with Gasteiger partial charge >= 0.3 is 0 Å². The second-order valence-corrected chi connectivity index (χ2v) is 5.67. The Morgan fingerprint density at radius 1 is 1.41 bits per heavy atom. The molecular formula is C13H19BrClNO. The highest BCUT2D eigenvalue weighted by molar-refractivity contribution is 9.10. The number of hydrogen-bond acceptors (Lipinski definition) is 2. The number of halogens is 2. The number of benzene rings is 1. The second kappa shape index (κ2) is 7.96. The Labute approximate surface area is 117 Å². The molecule has 2 nitrogen and oxygen atoms in total. The van der Waals surface area contributed by atoms with Crippen molar-refractivity contribution in [3.8, 4) is 5.75 Å². The summed E-state index contributed by atoms with van der Waals surface area (Å²) in [5.74, 6) is 1.54. The third-order valence-electron chi connectivity index (χ3n) is 2.20. The van der Waals surface area contributed by atoms with Crippen LogP contribution in [0.1, 0.15) is 20.3 Å². The molecule has 0 fully saturated rings. The van der Waals surface area contributed by atoms with Crippen LogP contribution in [0.4, 0.5) is 0 Å². The lowest BCUT2D eigenvalue weighted by molar-refractivity contribution is 0.305. The van der Waals surface area contributed by atoms with Crippen LogP contribution in [0.3, 0.4) is 0 Å². The van der Waals surface area contributed by atoms with E-state index in [0.717, 1.165) is 29.7 Å². The SMILES string of the molecule is CC(C)CNCCCOc1ccc(Cl)cc1Br. The van der Waals surface area contributed by atoms with E-state index >= 15 is 0 Å². The molecule has 0 aliphatic heterocycles. The van der Waals surface area contributed by atoms with Gasteiger partial charge in [0, 0.05) is 5.02 Å². The fourth-order valence-electron chi connectivity index (χ4n) is 1.36. The topological polar surface area (TPSA) is 21.3 Å². The molecule has 96 valence electrons. The van der Waals surface area contributed by atoms with E-state index in [2.05, 4.69) is 35.1 Å². The summed E-state index contributed by atoms with van der Waals surface area (Å²) in [6.45, 7) is 7.17. The fraction of sp³-hybridized carbons (Fsp3) is 0.538. The van der Waals surface area contributed by atoms with Gasteiger partial charge in [0.15, 0.2) is 0 Å². The Bertz CT molecular complexity index is 344. The summed E-state index contributed by atoms with van der Waals surface area (Å²) in [4.78, 5) is 0. The molecular weight excluding hydrogens is 302 g/mol. The van der Waals surface area contributed by atoms with E-state index in [4.69, 9.17) is 16.3 Å². The van der Waals surface area contributed by atoms with Gasteiger partial charge in [-0.2, -0.15) is 0 Å². The summed E-state index contributed by atoms with van der Waals surface area (Å²) in [6, 6.07) is 5.56. The van der Waals surface area contributed by atoms with Gasteiger partial charge < -0.3 is 10.1 Å².